The second-order valence-electron chi connectivity index (χ2n) is 6.63. The van der Waals surface area contributed by atoms with Crippen molar-refractivity contribution in [3.8, 4) is 0 Å². The first-order valence-corrected chi connectivity index (χ1v) is 10.1. The van der Waals surface area contributed by atoms with E-state index in [-0.39, 0.29) is 18.6 Å². The standard InChI is InChI=1S/C17H26N4O2S/c1-24-11-16(23)19-14-3-2-4-15-13(14)9-18-17(20-15)21-7-5-12(10-22)6-8-21/h9,12,14,22H,2-8,10-11H2,1H3,(H,19,23)/t14-/m1/s1. The molecule has 0 spiro atoms. The van der Waals surface area contributed by atoms with Crippen molar-refractivity contribution in [1.29, 1.82) is 0 Å². The molecule has 2 aliphatic rings. The molecular weight excluding hydrogens is 324 g/mol. The van der Waals surface area contributed by atoms with Crippen molar-refractivity contribution in [2.45, 2.75) is 38.1 Å². The summed E-state index contributed by atoms with van der Waals surface area (Å²) in [5, 5.41) is 12.4. The van der Waals surface area contributed by atoms with Gasteiger partial charge in [0.25, 0.3) is 0 Å². The molecule has 132 valence electrons. The first-order valence-electron chi connectivity index (χ1n) is 8.71. The summed E-state index contributed by atoms with van der Waals surface area (Å²) in [6, 6.07) is 0.0441. The SMILES string of the molecule is CSCC(=O)N[C@@H]1CCCc2nc(N3CCC(CO)CC3)ncc21. The lowest BCUT2D eigenvalue weighted by Gasteiger charge is -2.32. The Morgan fingerprint density at radius 1 is 1.42 bits per heavy atom. The predicted molar refractivity (Wildman–Crippen MR) is 96.3 cm³/mol. The van der Waals surface area contributed by atoms with Crippen LogP contribution in [-0.2, 0) is 11.2 Å². The number of hydrogen-bond acceptors (Lipinski definition) is 6. The number of hydrogen-bond donors (Lipinski definition) is 2. The number of carbonyl (C=O) groups is 1. The van der Waals surface area contributed by atoms with E-state index in [2.05, 4.69) is 15.2 Å². The highest BCUT2D eigenvalue weighted by Crippen LogP contribution is 2.30. The molecule has 1 saturated heterocycles. The first kappa shape index (κ1) is 17.5. The summed E-state index contributed by atoms with van der Waals surface area (Å²) in [6.07, 6.45) is 8.77. The Morgan fingerprint density at radius 2 is 2.21 bits per heavy atom. The van der Waals surface area contributed by atoms with E-state index in [4.69, 9.17) is 4.98 Å². The van der Waals surface area contributed by atoms with Crippen LogP contribution >= 0.6 is 11.8 Å². The lowest BCUT2D eigenvalue weighted by molar-refractivity contribution is -0.119. The van der Waals surface area contributed by atoms with Crippen LogP contribution < -0.4 is 10.2 Å². The van der Waals surface area contributed by atoms with Gasteiger partial charge in [-0.3, -0.25) is 4.79 Å². The molecule has 2 heterocycles. The molecule has 0 bridgehead atoms. The molecule has 0 aromatic carbocycles. The van der Waals surface area contributed by atoms with E-state index in [0.717, 1.165) is 62.4 Å². The number of nitrogens with one attached hydrogen (secondary N) is 1. The number of fused-ring (bicyclic) bond motifs is 1. The fraction of sp³-hybridized carbons (Fsp3) is 0.706. The minimum atomic E-state index is 0.0441. The van der Waals surface area contributed by atoms with Crippen molar-refractivity contribution in [2.24, 2.45) is 5.92 Å². The third-order valence-electron chi connectivity index (χ3n) is 4.94. The number of aromatic nitrogens is 2. The largest absolute Gasteiger partial charge is 0.396 e. The molecule has 0 radical (unpaired) electrons. The van der Waals surface area contributed by atoms with Crippen molar-refractivity contribution in [1.82, 2.24) is 15.3 Å². The van der Waals surface area contributed by atoms with Crippen LogP contribution in [-0.4, -0.2) is 52.7 Å². The van der Waals surface area contributed by atoms with E-state index in [0.29, 0.717) is 11.7 Å². The summed E-state index contributed by atoms with van der Waals surface area (Å²) < 4.78 is 0. The fourth-order valence-corrected chi connectivity index (χ4v) is 3.87. The zero-order valence-corrected chi connectivity index (χ0v) is 15.0. The van der Waals surface area contributed by atoms with Crippen LogP contribution in [0.3, 0.4) is 0 Å². The molecule has 24 heavy (non-hydrogen) atoms. The maximum Gasteiger partial charge on any atom is 0.230 e. The molecule has 6 nitrogen and oxygen atoms in total. The quantitative estimate of drug-likeness (QED) is 0.839. The van der Waals surface area contributed by atoms with Gasteiger partial charge in [0.05, 0.1) is 17.5 Å². The summed E-state index contributed by atoms with van der Waals surface area (Å²) in [4.78, 5) is 23.5. The van der Waals surface area contributed by atoms with Crippen LogP contribution in [0.4, 0.5) is 5.95 Å². The van der Waals surface area contributed by atoms with Gasteiger partial charge in [-0.1, -0.05) is 0 Å². The third kappa shape index (κ3) is 4.00. The van der Waals surface area contributed by atoms with E-state index in [1.807, 2.05) is 12.5 Å². The van der Waals surface area contributed by atoms with Crippen LogP contribution in [0.15, 0.2) is 6.20 Å². The second-order valence-corrected chi connectivity index (χ2v) is 7.50. The topological polar surface area (TPSA) is 78.4 Å². The van der Waals surface area contributed by atoms with E-state index in [1.54, 1.807) is 0 Å². The Morgan fingerprint density at radius 3 is 2.92 bits per heavy atom. The number of nitrogens with zero attached hydrogens (tertiary/aromatic N) is 3. The number of anilines is 1. The molecule has 0 saturated carbocycles. The number of aryl methyl sites for hydroxylation is 1. The van der Waals surface area contributed by atoms with Gasteiger partial charge in [0.2, 0.25) is 11.9 Å². The molecule has 3 rings (SSSR count). The molecule has 1 aromatic heterocycles. The lowest BCUT2D eigenvalue weighted by Crippen LogP contribution is -2.37. The van der Waals surface area contributed by atoms with Gasteiger partial charge in [-0.05, 0) is 44.3 Å². The van der Waals surface area contributed by atoms with Crippen LogP contribution in [0.25, 0.3) is 0 Å². The van der Waals surface area contributed by atoms with Gasteiger partial charge < -0.3 is 15.3 Å². The van der Waals surface area contributed by atoms with E-state index in [9.17, 15) is 9.90 Å². The van der Waals surface area contributed by atoms with Gasteiger partial charge in [-0.2, -0.15) is 11.8 Å². The fourth-order valence-electron chi connectivity index (χ4n) is 3.52. The van der Waals surface area contributed by atoms with E-state index < -0.39 is 0 Å². The Balaban J connectivity index is 1.70. The molecular formula is C17H26N4O2S. The first-order chi connectivity index (χ1) is 11.7. The molecule has 0 unspecified atom stereocenters. The van der Waals surface area contributed by atoms with Gasteiger partial charge in [-0.25, -0.2) is 9.97 Å². The Hall–Kier alpha value is -1.34. The maximum atomic E-state index is 11.9. The average Bonchev–Trinajstić information content (AvgIpc) is 2.62. The lowest BCUT2D eigenvalue weighted by atomic mass is 9.92. The van der Waals surface area contributed by atoms with Gasteiger partial charge in [0.15, 0.2) is 0 Å². The van der Waals surface area contributed by atoms with Crippen LogP contribution in [0.1, 0.15) is 43.0 Å². The number of aliphatic hydroxyl groups excluding tert-OH is 1. The van der Waals surface area contributed by atoms with Gasteiger partial charge in [0, 0.05) is 31.5 Å². The highest BCUT2D eigenvalue weighted by Gasteiger charge is 2.26. The maximum absolute atomic E-state index is 11.9. The van der Waals surface area contributed by atoms with Crippen LogP contribution in [0.5, 0.6) is 0 Å². The minimum Gasteiger partial charge on any atom is -0.396 e. The third-order valence-corrected chi connectivity index (χ3v) is 5.49. The summed E-state index contributed by atoms with van der Waals surface area (Å²) in [5.41, 5.74) is 2.15. The smallest absolute Gasteiger partial charge is 0.230 e. The Bertz CT molecular complexity index is 576. The molecule has 1 amide bonds. The number of aliphatic hydroxyl groups is 1. The zero-order chi connectivity index (χ0) is 16.9. The summed E-state index contributed by atoms with van der Waals surface area (Å²) in [7, 11) is 0. The van der Waals surface area contributed by atoms with Gasteiger partial charge in [0.1, 0.15) is 0 Å². The van der Waals surface area contributed by atoms with Crippen molar-refractivity contribution in [2.75, 3.05) is 36.6 Å². The second kappa shape index (κ2) is 8.16. The normalized spacial score (nSPS) is 21.4. The Kier molecular flexibility index (Phi) is 5.94. The Labute approximate surface area is 147 Å². The number of piperidine rings is 1. The summed E-state index contributed by atoms with van der Waals surface area (Å²) in [5.74, 6) is 1.77. The predicted octanol–water partition coefficient (Wildman–Crippen LogP) is 1.54. The van der Waals surface area contributed by atoms with Crippen molar-refractivity contribution in [3.05, 3.63) is 17.5 Å². The molecule has 1 aliphatic carbocycles. The van der Waals surface area contributed by atoms with E-state index >= 15 is 0 Å². The molecule has 1 fully saturated rings. The number of carbonyl (C=O) groups excluding carboxylic acids is 1. The summed E-state index contributed by atoms with van der Waals surface area (Å²) in [6.45, 7) is 2.08. The molecule has 1 aromatic rings. The van der Waals surface area contributed by atoms with Crippen molar-refractivity contribution >= 4 is 23.6 Å². The van der Waals surface area contributed by atoms with Crippen molar-refractivity contribution in [3.63, 3.8) is 0 Å². The highest BCUT2D eigenvalue weighted by molar-refractivity contribution is 7.99. The summed E-state index contributed by atoms with van der Waals surface area (Å²) >= 11 is 1.54. The minimum absolute atomic E-state index is 0.0441. The average molecular weight is 350 g/mol. The van der Waals surface area contributed by atoms with Gasteiger partial charge in [-0.15, -0.1) is 0 Å². The monoisotopic (exact) mass is 350 g/mol. The number of amides is 1. The van der Waals surface area contributed by atoms with Crippen molar-refractivity contribution < 1.29 is 9.90 Å². The molecule has 1 aliphatic heterocycles. The molecule has 2 N–H and O–H groups in total. The molecule has 1 atom stereocenters. The number of thioether (sulfide) groups is 1. The van der Waals surface area contributed by atoms with Crippen LogP contribution in [0.2, 0.25) is 0 Å². The van der Waals surface area contributed by atoms with Crippen LogP contribution in [0, 0.1) is 5.92 Å². The zero-order valence-electron chi connectivity index (χ0n) is 14.2. The molecule has 7 heteroatoms. The van der Waals surface area contributed by atoms with E-state index in [1.165, 1.54) is 11.8 Å². The highest BCUT2D eigenvalue weighted by atomic mass is 32.2. The van der Waals surface area contributed by atoms with Gasteiger partial charge >= 0.3 is 0 Å². The number of rotatable bonds is 5.